The smallest absolute Gasteiger partial charge is 0.0726 e. The molecule has 256 valence electrons. The average Bonchev–Trinajstić information content (AvgIpc) is 3.71. The minimum Gasteiger partial charge on any atom is -0.310 e. The highest BCUT2D eigenvalue weighted by Crippen LogP contribution is 2.64. The Bertz CT molecular complexity index is 2620. The van der Waals surface area contributed by atoms with Crippen LogP contribution >= 0.6 is 0 Å². The third kappa shape index (κ3) is 4.51. The Morgan fingerprint density at radius 3 is 1.43 bits per heavy atom. The normalized spacial score (nSPS) is 14.1. The first-order valence-electron chi connectivity index (χ1n) is 19.4. The van der Waals surface area contributed by atoms with E-state index in [0.29, 0.717) is 0 Å². The van der Waals surface area contributed by atoms with Gasteiger partial charge >= 0.3 is 0 Å². The van der Waals surface area contributed by atoms with E-state index in [1.807, 2.05) is 0 Å². The fourth-order valence-electron chi connectivity index (χ4n) is 10.0. The predicted molar refractivity (Wildman–Crippen MR) is 225 cm³/mol. The fraction of sp³-hybridized carbons (Fsp3) is 0.0943. The number of anilines is 3. The zero-order chi connectivity index (χ0) is 35.6. The summed E-state index contributed by atoms with van der Waals surface area (Å²) in [5, 5.41) is 0. The molecule has 0 amide bonds. The standard InChI is InChI=1S/C53H39N/c1-3-18-39(19-4-1)54(40-20-5-2-6-21-40)52-35-51-47(34-46(52)38-32-30-37(31-33-38)42-26-15-17-36-16-7-8-22-41(36)42)45-25-11-14-29-50(45)53(51)48-27-12-9-23-43(48)44-24-10-13-28-49(44)53/h1-6,9-15,17-21,23-35H,7-8,16,22H2. The molecule has 1 spiro atoms. The van der Waals surface area contributed by atoms with Crippen LogP contribution in [0.1, 0.15) is 46.2 Å². The lowest BCUT2D eigenvalue weighted by Gasteiger charge is -2.33. The zero-order valence-corrected chi connectivity index (χ0v) is 30.2. The molecule has 0 radical (unpaired) electrons. The number of hydrogen-bond donors (Lipinski definition) is 0. The average molecular weight is 690 g/mol. The van der Waals surface area contributed by atoms with Gasteiger partial charge < -0.3 is 4.90 Å². The quantitative estimate of drug-likeness (QED) is 0.174. The molecule has 8 aromatic carbocycles. The van der Waals surface area contributed by atoms with Gasteiger partial charge in [-0.15, -0.1) is 0 Å². The van der Waals surface area contributed by atoms with Crippen molar-refractivity contribution in [2.45, 2.75) is 31.1 Å². The van der Waals surface area contributed by atoms with Crippen molar-refractivity contribution >= 4 is 17.1 Å². The Morgan fingerprint density at radius 2 is 0.833 bits per heavy atom. The molecule has 1 nitrogen and oxygen atoms in total. The lowest BCUT2D eigenvalue weighted by atomic mass is 9.70. The van der Waals surface area contributed by atoms with E-state index in [9.17, 15) is 0 Å². The van der Waals surface area contributed by atoms with Crippen LogP contribution in [0, 0.1) is 0 Å². The summed E-state index contributed by atoms with van der Waals surface area (Å²) >= 11 is 0. The second-order valence-corrected chi connectivity index (χ2v) is 15.0. The van der Waals surface area contributed by atoms with E-state index in [0.717, 1.165) is 11.4 Å². The van der Waals surface area contributed by atoms with Gasteiger partial charge in [-0.3, -0.25) is 0 Å². The molecule has 0 fully saturated rings. The molecule has 0 aromatic heterocycles. The number of benzene rings is 8. The molecule has 0 saturated carbocycles. The third-order valence-electron chi connectivity index (χ3n) is 12.3. The van der Waals surface area contributed by atoms with Crippen LogP contribution in [0.15, 0.2) is 188 Å². The van der Waals surface area contributed by atoms with Crippen molar-refractivity contribution in [2.24, 2.45) is 0 Å². The van der Waals surface area contributed by atoms with Crippen LogP contribution in [0.3, 0.4) is 0 Å². The van der Waals surface area contributed by atoms with Crippen molar-refractivity contribution in [1.82, 2.24) is 0 Å². The van der Waals surface area contributed by atoms with E-state index in [4.69, 9.17) is 0 Å². The number of aryl methyl sites for hydroxylation is 1. The van der Waals surface area contributed by atoms with E-state index in [-0.39, 0.29) is 0 Å². The number of nitrogens with zero attached hydrogens (tertiary/aromatic N) is 1. The van der Waals surface area contributed by atoms with Gasteiger partial charge in [0.15, 0.2) is 0 Å². The summed E-state index contributed by atoms with van der Waals surface area (Å²) in [7, 11) is 0. The van der Waals surface area contributed by atoms with Gasteiger partial charge in [-0.25, -0.2) is 0 Å². The Balaban J connectivity index is 1.20. The third-order valence-corrected chi connectivity index (χ3v) is 12.3. The molecule has 0 N–H and O–H groups in total. The van der Waals surface area contributed by atoms with Gasteiger partial charge in [0.1, 0.15) is 0 Å². The van der Waals surface area contributed by atoms with Crippen LogP contribution < -0.4 is 4.90 Å². The summed E-state index contributed by atoms with van der Waals surface area (Å²) in [6.45, 7) is 0. The topological polar surface area (TPSA) is 3.24 Å². The first kappa shape index (κ1) is 31.1. The molecule has 54 heavy (non-hydrogen) atoms. The van der Waals surface area contributed by atoms with E-state index in [1.165, 1.54) is 109 Å². The molecule has 3 aliphatic rings. The summed E-state index contributed by atoms with van der Waals surface area (Å²) in [4.78, 5) is 2.46. The van der Waals surface area contributed by atoms with Crippen LogP contribution in [0.2, 0.25) is 0 Å². The highest BCUT2D eigenvalue weighted by molar-refractivity contribution is 6.00. The number of hydrogen-bond acceptors (Lipinski definition) is 1. The number of para-hydroxylation sites is 2. The molecule has 11 rings (SSSR count). The zero-order valence-electron chi connectivity index (χ0n) is 30.2. The molecule has 3 aliphatic carbocycles. The van der Waals surface area contributed by atoms with Gasteiger partial charge in [-0.05, 0) is 134 Å². The Morgan fingerprint density at radius 1 is 0.352 bits per heavy atom. The summed E-state index contributed by atoms with van der Waals surface area (Å²) < 4.78 is 0. The van der Waals surface area contributed by atoms with Gasteiger partial charge in [0.05, 0.1) is 11.1 Å². The predicted octanol–water partition coefficient (Wildman–Crippen LogP) is 13.7. The van der Waals surface area contributed by atoms with Crippen molar-refractivity contribution in [2.75, 3.05) is 4.90 Å². The van der Waals surface area contributed by atoms with E-state index < -0.39 is 5.41 Å². The Labute approximate surface area is 317 Å². The molecule has 0 aliphatic heterocycles. The van der Waals surface area contributed by atoms with Crippen molar-refractivity contribution in [1.29, 1.82) is 0 Å². The van der Waals surface area contributed by atoms with Crippen LogP contribution in [-0.4, -0.2) is 0 Å². The molecule has 0 atom stereocenters. The maximum Gasteiger partial charge on any atom is 0.0726 e. The number of fused-ring (bicyclic) bond motifs is 11. The molecule has 1 heteroatoms. The minimum absolute atomic E-state index is 0.429. The maximum atomic E-state index is 2.53. The summed E-state index contributed by atoms with van der Waals surface area (Å²) in [5.41, 5.74) is 21.9. The second kappa shape index (κ2) is 12.3. The highest BCUT2D eigenvalue weighted by atomic mass is 15.1. The molecular formula is C53H39N. The van der Waals surface area contributed by atoms with Gasteiger partial charge in [-0.2, -0.15) is 0 Å². The van der Waals surface area contributed by atoms with Gasteiger partial charge in [0.25, 0.3) is 0 Å². The van der Waals surface area contributed by atoms with E-state index in [1.54, 1.807) is 0 Å². The summed E-state index contributed by atoms with van der Waals surface area (Å²) in [5.74, 6) is 0. The fourth-order valence-corrected chi connectivity index (χ4v) is 10.0. The second-order valence-electron chi connectivity index (χ2n) is 15.0. The molecule has 0 saturated heterocycles. The lowest BCUT2D eigenvalue weighted by molar-refractivity contribution is 0.687. The maximum absolute atomic E-state index is 2.53. The van der Waals surface area contributed by atoms with E-state index >= 15 is 0 Å². The molecule has 0 bridgehead atoms. The van der Waals surface area contributed by atoms with Crippen molar-refractivity contribution in [3.05, 3.63) is 221 Å². The summed E-state index contributed by atoms with van der Waals surface area (Å²) in [6.07, 6.45) is 4.91. The van der Waals surface area contributed by atoms with Crippen molar-refractivity contribution in [3.8, 4) is 44.5 Å². The monoisotopic (exact) mass is 689 g/mol. The number of rotatable bonds is 5. The minimum atomic E-state index is -0.429. The molecular weight excluding hydrogens is 651 g/mol. The first-order chi connectivity index (χ1) is 26.8. The van der Waals surface area contributed by atoms with Gasteiger partial charge in [-0.1, -0.05) is 152 Å². The van der Waals surface area contributed by atoms with Gasteiger partial charge in [0.2, 0.25) is 0 Å². The summed E-state index contributed by atoms with van der Waals surface area (Å²) in [6, 6.07) is 70.4. The van der Waals surface area contributed by atoms with Crippen molar-refractivity contribution in [3.63, 3.8) is 0 Å². The lowest BCUT2D eigenvalue weighted by Crippen LogP contribution is -2.26. The van der Waals surface area contributed by atoms with Crippen LogP contribution in [0.5, 0.6) is 0 Å². The highest BCUT2D eigenvalue weighted by Gasteiger charge is 2.52. The van der Waals surface area contributed by atoms with Crippen molar-refractivity contribution < 1.29 is 0 Å². The molecule has 8 aromatic rings. The van der Waals surface area contributed by atoms with Crippen LogP contribution in [-0.2, 0) is 18.3 Å². The molecule has 0 unspecified atom stereocenters. The molecule has 0 heterocycles. The van der Waals surface area contributed by atoms with E-state index in [2.05, 4.69) is 193 Å². The first-order valence-corrected chi connectivity index (χ1v) is 19.4. The van der Waals surface area contributed by atoms with Crippen LogP contribution in [0.25, 0.3) is 44.5 Å². The largest absolute Gasteiger partial charge is 0.310 e. The Kier molecular flexibility index (Phi) is 7.10. The SMILES string of the molecule is c1ccc(N(c2ccccc2)c2cc3c(cc2-c2ccc(-c4cccc5c4CCCC5)cc2)-c2ccccc2C32c3ccccc3-c3ccccc32)cc1. The Hall–Kier alpha value is -6.44. The van der Waals surface area contributed by atoms with Crippen LogP contribution in [0.4, 0.5) is 17.1 Å². The van der Waals surface area contributed by atoms with Gasteiger partial charge in [0, 0.05) is 16.9 Å².